The number of aryl methyl sites for hydroxylation is 1. The second-order valence-electron chi connectivity index (χ2n) is 5.14. The monoisotopic (exact) mass is 262 g/mol. The van der Waals surface area contributed by atoms with Gasteiger partial charge in [0.25, 0.3) is 5.91 Å². The Labute approximate surface area is 109 Å². The number of hydrogen-bond acceptors (Lipinski definition) is 3. The molecule has 0 spiro atoms. The van der Waals surface area contributed by atoms with Gasteiger partial charge >= 0.3 is 0 Å². The van der Waals surface area contributed by atoms with Crippen molar-refractivity contribution in [3.8, 4) is 0 Å². The number of aromatic nitrogens is 3. The van der Waals surface area contributed by atoms with Crippen LogP contribution in [0.5, 0.6) is 0 Å². The molecule has 5 nitrogen and oxygen atoms in total. The predicted molar refractivity (Wildman–Crippen MR) is 68.5 cm³/mol. The Bertz CT molecular complexity index is 627. The van der Waals surface area contributed by atoms with Crippen LogP contribution in [0.3, 0.4) is 0 Å². The van der Waals surface area contributed by atoms with E-state index in [0.717, 1.165) is 11.9 Å². The lowest BCUT2D eigenvalue weighted by Crippen LogP contribution is -2.55. The molecule has 1 saturated carbocycles. The Hall–Kier alpha value is -1.98. The van der Waals surface area contributed by atoms with Gasteiger partial charge in [-0.05, 0) is 37.5 Å². The third-order valence-corrected chi connectivity index (χ3v) is 3.82. The molecular formula is C13H15FN4O. The smallest absolute Gasteiger partial charge is 0.251 e. The molecule has 1 aromatic carbocycles. The average molecular weight is 262 g/mol. The van der Waals surface area contributed by atoms with Gasteiger partial charge in [0, 0.05) is 12.6 Å². The van der Waals surface area contributed by atoms with E-state index in [1.807, 2.05) is 0 Å². The van der Waals surface area contributed by atoms with Crippen molar-refractivity contribution in [1.29, 1.82) is 0 Å². The molecule has 1 aliphatic carbocycles. The summed E-state index contributed by atoms with van der Waals surface area (Å²) in [5.74, 6) is -0.245. The van der Waals surface area contributed by atoms with Crippen molar-refractivity contribution in [3.05, 3.63) is 23.8 Å². The number of rotatable bonds is 3. The standard InChI is InChI=1S/C13H15FN4O/c1-18-11-4-3-9(7-10(11)16-17-18)12(19)15-13(8-14)5-2-6-13/h3-4,7H,2,5-6,8H2,1H3,(H,15,19). The number of carbonyl (C=O) groups excluding carboxylic acids is 1. The molecule has 1 N–H and O–H groups in total. The molecule has 6 heteroatoms. The van der Waals surface area contributed by atoms with Gasteiger partial charge in [0.2, 0.25) is 0 Å². The number of alkyl halides is 1. The van der Waals surface area contributed by atoms with Gasteiger partial charge in [-0.15, -0.1) is 5.10 Å². The molecule has 19 heavy (non-hydrogen) atoms. The lowest BCUT2D eigenvalue weighted by atomic mass is 9.77. The minimum atomic E-state index is -0.644. The van der Waals surface area contributed by atoms with Gasteiger partial charge < -0.3 is 5.32 Å². The average Bonchev–Trinajstić information content (AvgIpc) is 2.75. The van der Waals surface area contributed by atoms with E-state index in [1.165, 1.54) is 0 Å². The molecule has 0 aliphatic heterocycles. The van der Waals surface area contributed by atoms with Crippen LogP contribution in [0.4, 0.5) is 4.39 Å². The first-order valence-corrected chi connectivity index (χ1v) is 6.31. The molecule has 1 amide bonds. The maximum atomic E-state index is 13.0. The number of amides is 1. The zero-order chi connectivity index (χ0) is 13.5. The van der Waals surface area contributed by atoms with Gasteiger partial charge in [0.05, 0.1) is 11.1 Å². The fourth-order valence-electron chi connectivity index (χ4n) is 2.39. The van der Waals surface area contributed by atoms with E-state index < -0.39 is 12.2 Å². The summed E-state index contributed by atoms with van der Waals surface area (Å²) >= 11 is 0. The zero-order valence-electron chi connectivity index (χ0n) is 10.7. The molecule has 1 aliphatic rings. The molecule has 0 unspecified atom stereocenters. The number of carbonyl (C=O) groups is 1. The summed E-state index contributed by atoms with van der Waals surface area (Å²) in [5.41, 5.74) is 1.38. The largest absolute Gasteiger partial charge is 0.344 e. The Morgan fingerprint density at radius 1 is 1.53 bits per heavy atom. The quantitative estimate of drug-likeness (QED) is 0.913. The molecule has 1 fully saturated rings. The van der Waals surface area contributed by atoms with Crippen molar-refractivity contribution in [2.75, 3.05) is 6.67 Å². The Balaban J connectivity index is 1.85. The van der Waals surface area contributed by atoms with Crippen LogP contribution in [-0.4, -0.2) is 33.1 Å². The molecule has 0 radical (unpaired) electrons. The molecular weight excluding hydrogens is 247 g/mol. The van der Waals surface area contributed by atoms with Gasteiger partial charge in [-0.3, -0.25) is 4.79 Å². The summed E-state index contributed by atoms with van der Waals surface area (Å²) in [6.07, 6.45) is 2.39. The number of halogens is 1. The maximum absolute atomic E-state index is 13.0. The normalized spacial score (nSPS) is 17.2. The van der Waals surface area contributed by atoms with E-state index in [-0.39, 0.29) is 5.91 Å². The Kier molecular flexibility index (Phi) is 2.73. The van der Waals surface area contributed by atoms with Crippen LogP contribution in [-0.2, 0) is 7.05 Å². The van der Waals surface area contributed by atoms with Gasteiger partial charge in [-0.2, -0.15) is 0 Å². The second-order valence-corrected chi connectivity index (χ2v) is 5.14. The van der Waals surface area contributed by atoms with Gasteiger partial charge in [0.15, 0.2) is 0 Å². The van der Waals surface area contributed by atoms with E-state index in [9.17, 15) is 9.18 Å². The van der Waals surface area contributed by atoms with E-state index in [2.05, 4.69) is 15.6 Å². The second kappa shape index (κ2) is 4.29. The third-order valence-electron chi connectivity index (χ3n) is 3.82. The summed E-state index contributed by atoms with van der Waals surface area (Å²) in [6, 6.07) is 5.20. The number of benzene rings is 1. The molecule has 3 rings (SSSR count). The summed E-state index contributed by atoms with van der Waals surface area (Å²) in [7, 11) is 1.79. The number of fused-ring (bicyclic) bond motifs is 1. The minimum absolute atomic E-state index is 0.245. The van der Waals surface area contributed by atoms with Crippen LogP contribution < -0.4 is 5.32 Å². The molecule has 1 heterocycles. The van der Waals surface area contributed by atoms with Crippen LogP contribution in [0.2, 0.25) is 0 Å². The first-order valence-electron chi connectivity index (χ1n) is 6.31. The molecule has 2 aromatic rings. The van der Waals surface area contributed by atoms with Crippen LogP contribution >= 0.6 is 0 Å². The molecule has 1 aromatic heterocycles. The number of nitrogens with one attached hydrogen (secondary N) is 1. The van der Waals surface area contributed by atoms with E-state index >= 15 is 0 Å². The highest BCUT2D eigenvalue weighted by Gasteiger charge is 2.38. The molecule has 0 atom stereocenters. The summed E-state index contributed by atoms with van der Waals surface area (Å²) < 4.78 is 14.6. The minimum Gasteiger partial charge on any atom is -0.344 e. The highest BCUT2D eigenvalue weighted by Crippen LogP contribution is 2.32. The number of hydrogen-bond donors (Lipinski definition) is 1. The van der Waals surface area contributed by atoms with Gasteiger partial charge in [0.1, 0.15) is 12.2 Å². The first kappa shape index (κ1) is 12.1. The summed E-state index contributed by atoms with van der Waals surface area (Å²) in [6.45, 7) is -0.508. The van der Waals surface area contributed by atoms with Crippen molar-refractivity contribution < 1.29 is 9.18 Å². The zero-order valence-corrected chi connectivity index (χ0v) is 10.7. The highest BCUT2D eigenvalue weighted by atomic mass is 19.1. The fourth-order valence-corrected chi connectivity index (χ4v) is 2.39. The lowest BCUT2D eigenvalue weighted by molar-refractivity contribution is 0.0774. The van der Waals surface area contributed by atoms with Crippen LogP contribution in [0, 0.1) is 0 Å². The third kappa shape index (κ3) is 1.97. The van der Waals surface area contributed by atoms with E-state index in [0.29, 0.717) is 23.9 Å². The summed E-state index contributed by atoms with van der Waals surface area (Å²) in [5, 5.41) is 10.7. The van der Waals surface area contributed by atoms with Crippen LogP contribution in [0.25, 0.3) is 11.0 Å². The van der Waals surface area contributed by atoms with Crippen LogP contribution in [0.1, 0.15) is 29.6 Å². The van der Waals surface area contributed by atoms with Crippen LogP contribution in [0.15, 0.2) is 18.2 Å². The SMILES string of the molecule is Cn1nnc2cc(C(=O)NC3(CF)CCC3)ccc21. The number of nitrogens with zero attached hydrogens (tertiary/aromatic N) is 3. The van der Waals surface area contributed by atoms with Crippen molar-refractivity contribution in [2.24, 2.45) is 7.05 Å². The molecule has 0 saturated heterocycles. The maximum Gasteiger partial charge on any atom is 0.251 e. The van der Waals surface area contributed by atoms with Crippen molar-refractivity contribution >= 4 is 16.9 Å². The predicted octanol–water partition coefficient (Wildman–Crippen LogP) is 1.59. The lowest BCUT2D eigenvalue weighted by Gasteiger charge is -2.40. The topological polar surface area (TPSA) is 59.8 Å². The van der Waals surface area contributed by atoms with Crippen molar-refractivity contribution in [2.45, 2.75) is 24.8 Å². The van der Waals surface area contributed by atoms with Gasteiger partial charge in [-0.1, -0.05) is 5.21 Å². The molecule has 0 bridgehead atoms. The van der Waals surface area contributed by atoms with Gasteiger partial charge in [-0.25, -0.2) is 9.07 Å². The summed E-state index contributed by atoms with van der Waals surface area (Å²) in [4.78, 5) is 12.1. The Morgan fingerprint density at radius 3 is 2.95 bits per heavy atom. The molecule has 100 valence electrons. The highest BCUT2D eigenvalue weighted by molar-refractivity contribution is 5.97. The van der Waals surface area contributed by atoms with E-state index in [4.69, 9.17) is 0 Å². The first-order chi connectivity index (χ1) is 9.13. The van der Waals surface area contributed by atoms with Crippen molar-refractivity contribution in [3.63, 3.8) is 0 Å². The van der Waals surface area contributed by atoms with Crippen molar-refractivity contribution in [1.82, 2.24) is 20.3 Å². The Morgan fingerprint density at radius 2 is 2.32 bits per heavy atom. The van der Waals surface area contributed by atoms with E-state index in [1.54, 1.807) is 29.9 Å². The fraction of sp³-hybridized carbons (Fsp3) is 0.462.